The van der Waals surface area contributed by atoms with E-state index in [-0.39, 0.29) is 10.7 Å². The minimum Gasteiger partial charge on any atom is -0.491 e. The Morgan fingerprint density at radius 3 is 2.95 bits per heavy atom. The number of rotatable bonds is 2. The van der Waals surface area contributed by atoms with Gasteiger partial charge in [-0.1, -0.05) is 22.0 Å². The summed E-state index contributed by atoms with van der Waals surface area (Å²) < 4.78 is 10.9. The van der Waals surface area contributed by atoms with Crippen molar-refractivity contribution in [3.63, 3.8) is 0 Å². The van der Waals surface area contributed by atoms with Crippen LogP contribution < -0.4 is 10.1 Å². The summed E-state index contributed by atoms with van der Waals surface area (Å²) in [6.07, 6.45) is 1.66. The van der Waals surface area contributed by atoms with Crippen molar-refractivity contribution < 1.29 is 13.9 Å². The average Bonchev–Trinajstić information content (AvgIpc) is 2.79. The van der Waals surface area contributed by atoms with E-state index < -0.39 is 0 Å². The monoisotopic (exact) mass is 335 g/mol. The minimum atomic E-state index is -0.0945. The molecule has 0 radical (unpaired) electrons. The van der Waals surface area contributed by atoms with Crippen molar-refractivity contribution >= 4 is 21.8 Å². The Morgan fingerprint density at radius 2 is 2.20 bits per heavy atom. The van der Waals surface area contributed by atoms with Gasteiger partial charge in [0.25, 0.3) is 5.91 Å². The first-order valence-electron chi connectivity index (χ1n) is 6.40. The van der Waals surface area contributed by atoms with Crippen LogP contribution in [0.15, 0.2) is 34.9 Å². The highest BCUT2D eigenvalue weighted by molar-refractivity contribution is 9.09. The van der Waals surface area contributed by atoms with Crippen LogP contribution in [0, 0.1) is 6.92 Å². The van der Waals surface area contributed by atoms with E-state index in [0.717, 1.165) is 16.9 Å². The number of fused-ring (bicyclic) bond motifs is 1. The Kier molecular flexibility index (Phi) is 3.53. The van der Waals surface area contributed by atoms with Crippen LogP contribution >= 0.6 is 15.9 Å². The van der Waals surface area contributed by atoms with E-state index in [1.54, 1.807) is 6.26 Å². The lowest BCUT2D eigenvalue weighted by Crippen LogP contribution is -2.24. The van der Waals surface area contributed by atoms with Crippen LogP contribution in [0.3, 0.4) is 0 Å². The topological polar surface area (TPSA) is 51.5 Å². The standard InChI is InChI=1S/C15H14BrNO3/c1-9-11(4-6-19-9)14(16)10-2-3-13-12(8-10)15(18)17-5-7-20-13/h2-4,6,8,14H,5,7H2,1H3,(H,17,18). The molecule has 0 aliphatic carbocycles. The molecule has 20 heavy (non-hydrogen) atoms. The van der Waals surface area contributed by atoms with Crippen molar-refractivity contribution in [3.05, 3.63) is 53.0 Å². The third-order valence-corrected chi connectivity index (χ3v) is 4.38. The van der Waals surface area contributed by atoms with Gasteiger partial charge in [0, 0.05) is 5.56 Å². The van der Waals surface area contributed by atoms with Gasteiger partial charge in [-0.05, 0) is 30.7 Å². The molecule has 5 heteroatoms. The highest BCUT2D eigenvalue weighted by atomic mass is 79.9. The number of alkyl halides is 1. The summed E-state index contributed by atoms with van der Waals surface area (Å²) in [4.78, 5) is 12.0. The number of nitrogens with one attached hydrogen (secondary N) is 1. The number of aryl methyl sites for hydroxylation is 1. The van der Waals surface area contributed by atoms with Gasteiger partial charge in [-0.3, -0.25) is 4.79 Å². The van der Waals surface area contributed by atoms with Gasteiger partial charge in [-0.25, -0.2) is 0 Å². The molecule has 1 aliphatic rings. The van der Waals surface area contributed by atoms with Crippen molar-refractivity contribution in [2.45, 2.75) is 11.8 Å². The first-order chi connectivity index (χ1) is 9.66. The van der Waals surface area contributed by atoms with Gasteiger partial charge in [0.15, 0.2) is 0 Å². The summed E-state index contributed by atoms with van der Waals surface area (Å²) in [6, 6.07) is 7.60. The third kappa shape index (κ3) is 2.33. The van der Waals surface area contributed by atoms with Crippen molar-refractivity contribution in [1.82, 2.24) is 5.32 Å². The zero-order chi connectivity index (χ0) is 14.1. The number of amides is 1. The minimum absolute atomic E-state index is 0.0115. The molecule has 2 aromatic rings. The first kappa shape index (κ1) is 13.2. The molecule has 0 saturated heterocycles. The number of hydrogen-bond acceptors (Lipinski definition) is 3. The molecule has 104 valence electrons. The molecule has 2 heterocycles. The number of hydrogen-bond donors (Lipinski definition) is 1. The molecule has 1 aliphatic heterocycles. The van der Waals surface area contributed by atoms with Crippen LogP contribution in [0.25, 0.3) is 0 Å². The lowest BCUT2D eigenvalue weighted by Gasteiger charge is -2.12. The van der Waals surface area contributed by atoms with E-state index in [4.69, 9.17) is 9.15 Å². The molecule has 1 atom stereocenters. The van der Waals surface area contributed by atoms with Crippen molar-refractivity contribution in [2.24, 2.45) is 0 Å². The van der Waals surface area contributed by atoms with E-state index in [1.807, 2.05) is 31.2 Å². The molecule has 1 aromatic heterocycles. The fourth-order valence-electron chi connectivity index (χ4n) is 2.27. The maximum absolute atomic E-state index is 12.0. The number of halogens is 1. The summed E-state index contributed by atoms with van der Waals surface area (Å²) in [5.74, 6) is 1.40. The largest absolute Gasteiger partial charge is 0.491 e. The van der Waals surface area contributed by atoms with Gasteiger partial charge in [0.05, 0.1) is 23.2 Å². The average molecular weight is 336 g/mol. The Bertz CT molecular complexity index is 650. The number of ether oxygens (including phenoxy) is 1. The molecule has 1 aromatic carbocycles. The molecular weight excluding hydrogens is 322 g/mol. The van der Waals surface area contributed by atoms with Crippen LogP contribution in [-0.4, -0.2) is 19.1 Å². The lowest BCUT2D eigenvalue weighted by molar-refractivity contribution is 0.0957. The van der Waals surface area contributed by atoms with E-state index in [0.29, 0.717) is 24.5 Å². The van der Waals surface area contributed by atoms with Gasteiger partial charge in [0.2, 0.25) is 0 Å². The highest BCUT2D eigenvalue weighted by Gasteiger charge is 2.20. The van der Waals surface area contributed by atoms with Crippen molar-refractivity contribution in [1.29, 1.82) is 0 Å². The van der Waals surface area contributed by atoms with Crippen LogP contribution in [0.1, 0.15) is 32.1 Å². The third-order valence-electron chi connectivity index (χ3n) is 3.36. The van der Waals surface area contributed by atoms with Crippen LogP contribution in [0.2, 0.25) is 0 Å². The predicted octanol–water partition coefficient (Wildman–Crippen LogP) is 3.19. The van der Waals surface area contributed by atoms with E-state index >= 15 is 0 Å². The summed E-state index contributed by atoms with van der Waals surface area (Å²) in [5.41, 5.74) is 2.62. The molecule has 4 nitrogen and oxygen atoms in total. The van der Waals surface area contributed by atoms with Gasteiger partial charge in [-0.2, -0.15) is 0 Å². The molecule has 0 saturated carbocycles. The second-order valence-electron chi connectivity index (χ2n) is 4.65. The van der Waals surface area contributed by atoms with Crippen LogP contribution in [0.4, 0.5) is 0 Å². The lowest BCUT2D eigenvalue weighted by atomic mass is 10.0. The van der Waals surface area contributed by atoms with Gasteiger partial charge in [0.1, 0.15) is 18.1 Å². The zero-order valence-corrected chi connectivity index (χ0v) is 12.6. The Hall–Kier alpha value is -1.75. The fraction of sp³-hybridized carbons (Fsp3) is 0.267. The smallest absolute Gasteiger partial charge is 0.255 e. The van der Waals surface area contributed by atoms with Crippen LogP contribution in [-0.2, 0) is 0 Å². The molecule has 0 spiro atoms. The van der Waals surface area contributed by atoms with Crippen molar-refractivity contribution in [2.75, 3.05) is 13.2 Å². The molecular formula is C15H14BrNO3. The molecule has 1 amide bonds. The normalized spacial score (nSPS) is 15.8. The fourth-order valence-corrected chi connectivity index (χ4v) is 3.03. The second kappa shape index (κ2) is 5.32. The number of carbonyl (C=O) groups is 1. The molecule has 1 unspecified atom stereocenters. The maximum atomic E-state index is 12.0. The van der Waals surface area contributed by atoms with E-state index in [1.165, 1.54) is 0 Å². The SMILES string of the molecule is Cc1occc1C(Br)c1ccc2c(c1)C(=O)NCCO2. The first-order valence-corrected chi connectivity index (χ1v) is 7.31. The molecule has 1 N–H and O–H groups in total. The zero-order valence-electron chi connectivity index (χ0n) is 11.0. The number of furan rings is 1. The quantitative estimate of drug-likeness (QED) is 0.857. The Labute approximate surface area is 125 Å². The molecule has 0 bridgehead atoms. The Balaban J connectivity index is 2.00. The summed E-state index contributed by atoms with van der Waals surface area (Å²) in [7, 11) is 0. The number of carbonyl (C=O) groups excluding carboxylic acids is 1. The molecule has 0 fully saturated rings. The second-order valence-corrected chi connectivity index (χ2v) is 5.57. The Morgan fingerprint density at radius 1 is 1.35 bits per heavy atom. The van der Waals surface area contributed by atoms with E-state index in [9.17, 15) is 4.79 Å². The van der Waals surface area contributed by atoms with Gasteiger partial charge >= 0.3 is 0 Å². The summed E-state index contributed by atoms with van der Waals surface area (Å²) in [5, 5.41) is 2.82. The predicted molar refractivity (Wildman–Crippen MR) is 78.5 cm³/mol. The maximum Gasteiger partial charge on any atom is 0.255 e. The van der Waals surface area contributed by atoms with Gasteiger partial charge < -0.3 is 14.5 Å². The number of benzene rings is 1. The van der Waals surface area contributed by atoms with Gasteiger partial charge in [-0.15, -0.1) is 0 Å². The van der Waals surface area contributed by atoms with Crippen molar-refractivity contribution in [3.8, 4) is 5.75 Å². The highest BCUT2D eigenvalue weighted by Crippen LogP contribution is 2.35. The summed E-state index contributed by atoms with van der Waals surface area (Å²) in [6.45, 7) is 2.95. The van der Waals surface area contributed by atoms with Crippen LogP contribution in [0.5, 0.6) is 5.75 Å². The molecule has 3 rings (SSSR count). The van der Waals surface area contributed by atoms with E-state index in [2.05, 4.69) is 21.2 Å². The summed E-state index contributed by atoms with van der Waals surface area (Å²) >= 11 is 3.66.